The van der Waals surface area contributed by atoms with Gasteiger partial charge in [-0.3, -0.25) is 4.18 Å². The zero-order valence-corrected chi connectivity index (χ0v) is 18.1. The van der Waals surface area contributed by atoms with E-state index in [-0.39, 0.29) is 4.90 Å². The number of rotatable bonds is 9. The molecule has 0 radical (unpaired) electrons. The van der Waals surface area contributed by atoms with E-state index in [1.54, 1.807) is 66.7 Å². The van der Waals surface area contributed by atoms with E-state index in [9.17, 15) is 13.5 Å². The van der Waals surface area contributed by atoms with E-state index >= 15 is 0 Å². The largest absolute Gasteiger partial charge is 0.497 e. The quantitative estimate of drug-likeness (QED) is 0.507. The standard InChI is InChI=1S/C24H24O6S/c1-4-18-5-15-23(16-6-18)31(26,27)30-17-24(25,19-7-11-21(28-2)12-8-19)20-9-13-22(29-3)14-10-20/h4-16,25H,1,17H2,2-3H3. The third kappa shape index (κ3) is 4.96. The Morgan fingerprint density at radius 3 is 1.68 bits per heavy atom. The Balaban J connectivity index is 1.95. The van der Waals surface area contributed by atoms with Crippen LogP contribution in [-0.2, 0) is 19.9 Å². The first-order chi connectivity index (χ1) is 14.8. The summed E-state index contributed by atoms with van der Waals surface area (Å²) in [5, 5.41) is 11.6. The number of ether oxygens (including phenoxy) is 2. The first kappa shape index (κ1) is 22.6. The fraction of sp³-hybridized carbons (Fsp3) is 0.167. The number of benzene rings is 3. The van der Waals surface area contributed by atoms with Crippen molar-refractivity contribution in [2.24, 2.45) is 0 Å². The fourth-order valence-corrected chi connectivity index (χ4v) is 4.00. The van der Waals surface area contributed by atoms with Gasteiger partial charge in [-0.05, 0) is 53.1 Å². The van der Waals surface area contributed by atoms with Crippen LogP contribution in [0.25, 0.3) is 6.08 Å². The summed E-state index contributed by atoms with van der Waals surface area (Å²) < 4.78 is 41.1. The highest BCUT2D eigenvalue weighted by atomic mass is 32.2. The Labute approximate surface area is 182 Å². The van der Waals surface area contributed by atoms with E-state index in [2.05, 4.69) is 6.58 Å². The molecule has 3 aromatic carbocycles. The van der Waals surface area contributed by atoms with Crippen molar-refractivity contribution < 1.29 is 27.2 Å². The molecular weight excluding hydrogens is 416 g/mol. The molecule has 0 amide bonds. The van der Waals surface area contributed by atoms with E-state index in [0.29, 0.717) is 22.6 Å². The third-order valence-corrected chi connectivity index (χ3v) is 6.24. The van der Waals surface area contributed by atoms with Crippen LogP contribution in [-0.4, -0.2) is 34.4 Å². The predicted molar refractivity (Wildman–Crippen MR) is 119 cm³/mol. The second kappa shape index (κ2) is 9.34. The third-order valence-electron chi connectivity index (χ3n) is 4.96. The van der Waals surface area contributed by atoms with Crippen LogP contribution in [0.3, 0.4) is 0 Å². The van der Waals surface area contributed by atoms with Crippen LogP contribution in [0.5, 0.6) is 11.5 Å². The van der Waals surface area contributed by atoms with Crippen LogP contribution < -0.4 is 9.47 Å². The molecule has 3 aromatic rings. The molecule has 0 aromatic heterocycles. The Hall–Kier alpha value is -3.13. The number of hydrogen-bond donors (Lipinski definition) is 1. The molecule has 0 fully saturated rings. The lowest BCUT2D eigenvalue weighted by Gasteiger charge is -2.29. The van der Waals surface area contributed by atoms with E-state index in [1.807, 2.05) is 0 Å². The molecule has 3 rings (SSSR count). The first-order valence-electron chi connectivity index (χ1n) is 9.46. The monoisotopic (exact) mass is 440 g/mol. The Bertz CT molecular complexity index is 1070. The summed E-state index contributed by atoms with van der Waals surface area (Å²) in [5.41, 5.74) is -0.0367. The predicted octanol–water partition coefficient (Wildman–Crippen LogP) is 3.99. The molecule has 0 aliphatic carbocycles. The Morgan fingerprint density at radius 2 is 1.29 bits per heavy atom. The zero-order chi connectivity index (χ0) is 22.5. The van der Waals surface area contributed by atoms with Crippen LogP contribution in [0.4, 0.5) is 0 Å². The highest BCUT2D eigenvalue weighted by molar-refractivity contribution is 7.86. The maximum Gasteiger partial charge on any atom is 0.297 e. The number of aliphatic hydroxyl groups is 1. The molecule has 0 unspecified atom stereocenters. The van der Waals surface area contributed by atoms with Crippen LogP contribution in [0, 0.1) is 0 Å². The molecule has 0 heterocycles. The van der Waals surface area contributed by atoms with Crippen LogP contribution in [0.1, 0.15) is 16.7 Å². The molecule has 6 nitrogen and oxygen atoms in total. The van der Waals surface area contributed by atoms with Crippen molar-refractivity contribution in [3.8, 4) is 11.5 Å². The highest BCUT2D eigenvalue weighted by Crippen LogP contribution is 2.33. The van der Waals surface area contributed by atoms with E-state index in [0.717, 1.165) is 5.56 Å². The molecular formula is C24H24O6S. The molecule has 1 N–H and O–H groups in total. The van der Waals surface area contributed by atoms with Crippen molar-refractivity contribution in [2.45, 2.75) is 10.5 Å². The van der Waals surface area contributed by atoms with Crippen LogP contribution in [0.15, 0.2) is 84.3 Å². The molecule has 0 spiro atoms. The lowest BCUT2D eigenvalue weighted by molar-refractivity contribution is 0.0299. The Kier molecular flexibility index (Phi) is 6.80. The van der Waals surface area contributed by atoms with Gasteiger partial charge in [-0.1, -0.05) is 49.1 Å². The normalized spacial score (nSPS) is 11.7. The molecule has 0 aliphatic rings. The van der Waals surface area contributed by atoms with E-state index in [1.165, 1.54) is 26.4 Å². The highest BCUT2D eigenvalue weighted by Gasteiger charge is 2.34. The minimum absolute atomic E-state index is 0.00934. The molecule has 162 valence electrons. The molecule has 0 aliphatic heterocycles. The maximum absolute atomic E-state index is 12.7. The summed E-state index contributed by atoms with van der Waals surface area (Å²) in [4.78, 5) is -0.00934. The van der Waals surface area contributed by atoms with Crippen molar-refractivity contribution in [3.05, 3.63) is 96.1 Å². The molecule has 0 atom stereocenters. The molecule has 0 saturated heterocycles. The lowest BCUT2D eigenvalue weighted by atomic mass is 9.87. The molecule has 7 heteroatoms. The van der Waals surface area contributed by atoms with Gasteiger partial charge in [0.2, 0.25) is 0 Å². The van der Waals surface area contributed by atoms with Gasteiger partial charge in [0.1, 0.15) is 23.7 Å². The average Bonchev–Trinajstić information content (AvgIpc) is 2.82. The van der Waals surface area contributed by atoms with E-state index < -0.39 is 22.3 Å². The van der Waals surface area contributed by atoms with Crippen molar-refractivity contribution in [1.29, 1.82) is 0 Å². The second-order valence-corrected chi connectivity index (χ2v) is 8.42. The van der Waals surface area contributed by atoms with Gasteiger partial charge in [-0.2, -0.15) is 8.42 Å². The van der Waals surface area contributed by atoms with Gasteiger partial charge in [0.25, 0.3) is 10.1 Å². The molecule has 31 heavy (non-hydrogen) atoms. The zero-order valence-electron chi connectivity index (χ0n) is 17.3. The maximum atomic E-state index is 12.7. The van der Waals surface area contributed by atoms with Crippen LogP contribution in [0.2, 0.25) is 0 Å². The first-order valence-corrected chi connectivity index (χ1v) is 10.9. The fourth-order valence-electron chi connectivity index (χ4n) is 3.07. The number of hydrogen-bond acceptors (Lipinski definition) is 6. The van der Waals surface area contributed by atoms with Gasteiger partial charge >= 0.3 is 0 Å². The minimum atomic E-state index is -4.10. The van der Waals surface area contributed by atoms with Gasteiger partial charge < -0.3 is 14.6 Å². The van der Waals surface area contributed by atoms with E-state index in [4.69, 9.17) is 13.7 Å². The van der Waals surface area contributed by atoms with Gasteiger partial charge in [0.15, 0.2) is 0 Å². The lowest BCUT2D eigenvalue weighted by Crippen LogP contribution is -2.34. The summed E-state index contributed by atoms with van der Waals surface area (Å²) in [6.07, 6.45) is 1.61. The van der Waals surface area contributed by atoms with Crippen molar-refractivity contribution in [1.82, 2.24) is 0 Å². The summed E-state index contributed by atoms with van der Waals surface area (Å²) in [6.45, 7) is 3.13. The smallest absolute Gasteiger partial charge is 0.297 e. The van der Waals surface area contributed by atoms with Crippen LogP contribution >= 0.6 is 0 Å². The average molecular weight is 441 g/mol. The summed E-state index contributed by atoms with van der Waals surface area (Å²) in [6, 6.07) is 19.5. The summed E-state index contributed by atoms with van der Waals surface area (Å²) in [7, 11) is -1.02. The minimum Gasteiger partial charge on any atom is -0.497 e. The molecule has 0 saturated carbocycles. The van der Waals surface area contributed by atoms with Gasteiger partial charge in [-0.25, -0.2) is 0 Å². The van der Waals surface area contributed by atoms with Crippen molar-refractivity contribution in [3.63, 3.8) is 0 Å². The van der Waals surface area contributed by atoms with Gasteiger partial charge in [0.05, 0.1) is 19.1 Å². The topological polar surface area (TPSA) is 82.1 Å². The Morgan fingerprint density at radius 1 is 0.839 bits per heavy atom. The summed E-state index contributed by atoms with van der Waals surface area (Å²) >= 11 is 0. The summed E-state index contributed by atoms with van der Waals surface area (Å²) in [5.74, 6) is 1.22. The van der Waals surface area contributed by atoms with Crippen molar-refractivity contribution >= 4 is 16.2 Å². The van der Waals surface area contributed by atoms with Crippen molar-refractivity contribution in [2.75, 3.05) is 20.8 Å². The SMILES string of the molecule is C=Cc1ccc(S(=O)(=O)OCC(O)(c2ccc(OC)cc2)c2ccc(OC)cc2)cc1. The van der Waals surface area contributed by atoms with Gasteiger partial charge in [0, 0.05) is 0 Å². The van der Waals surface area contributed by atoms with Gasteiger partial charge in [-0.15, -0.1) is 0 Å². The second-order valence-electron chi connectivity index (χ2n) is 6.81. The number of methoxy groups -OCH3 is 2. The molecule has 0 bridgehead atoms.